The van der Waals surface area contributed by atoms with Crippen molar-refractivity contribution in [2.45, 2.75) is 33.2 Å². The molecule has 1 rings (SSSR count). The smallest absolute Gasteiger partial charge is 0.374 e. The largest absolute Gasteiger partial charge is 0.460 e. The van der Waals surface area contributed by atoms with Crippen molar-refractivity contribution < 1.29 is 9.53 Å². The molecule has 14 heavy (non-hydrogen) atoms. The summed E-state index contributed by atoms with van der Waals surface area (Å²) in [6.45, 7) is 6.28. The van der Waals surface area contributed by atoms with Crippen LogP contribution in [0.15, 0.2) is 12.4 Å². The normalized spacial score (nSPS) is 12.5. The molecular formula is C10H16N2O2. The molecule has 0 fully saturated rings. The Morgan fingerprint density at radius 3 is 2.93 bits per heavy atom. The fraction of sp³-hybridized carbons (Fsp3) is 0.600. The number of aromatic nitrogens is 2. The number of hydrogen-bond acceptors (Lipinski definition) is 3. The summed E-state index contributed by atoms with van der Waals surface area (Å²) in [6, 6.07) is 0.275. The van der Waals surface area contributed by atoms with E-state index in [9.17, 15) is 4.79 Å². The Balaban J connectivity index is 2.86. The van der Waals surface area contributed by atoms with E-state index < -0.39 is 0 Å². The highest BCUT2D eigenvalue weighted by Gasteiger charge is 2.16. The number of rotatable bonds is 4. The molecule has 4 nitrogen and oxygen atoms in total. The highest BCUT2D eigenvalue weighted by molar-refractivity contribution is 5.85. The van der Waals surface area contributed by atoms with Crippen LogP contribution in [0.3, 0.4) is 0 Å². The summed E-state index contributed by atoms with van der Waals surface area (Å²) < 4.78 is 6.74. The van der Waals surface area contributed by atoms with Crippen LogP contribution in [0.25, 0.3) is 0 Å². The third-order valence-corrected chi connectivity index (χ3v) is 2.19. The van der Waals surface area contributed by atoms with Gasteiger partial charge in [0, 0.05) is 18.4 Å². The third-order valence-electron chi connectivity index (χ3n) is 2.19. The van der Waals surface area contributed by atoms with Crippen molar-refractivity contribution in [3.63, 3.8) is 0 Å². The van der Waals surface area contributed by atoms with Gasteiger partial charge in [0.25, 0.3) is 0 Å². The second-order valence-corrected chi connectivity index (χ2v) is 3.14. The Morgan fingerprint density at radius 2 is 2.36 bits per heavy atom. The topological polar surface area (TPSA) is 44.1 Å². The summed E-state index contributed by atoms with van der Waals surface area (Å²) in [6.07, 6.45) is 4.39. The molecule has 0 amide bonds. The van der Waals surface area contributed by atoms with Crippen LogP contribution in [-0.4, -0.2) is 22.1 Å². The van der Waals surface area contributed by atoms with E-state index in [0.29, 0.717) is 12.4 Å². The molecule has 4 heteroatoms. The van der Waals surface area contributed by atoms with Crippen molar-refractivity contribution in [3.8, 4) is 0 Å². The molecule has 0 aromatic carbocycles. The zero-order valence-electron chi connectivity index (χ0n) is 8.86. The highest BCUT2D eigenvalue weighted by atomic mass is 16.5. The molecule has 0 aliphatic rings. The molecule has 0 radical (unpaired) electrons. The highest BCUT2D eigenvalue weighted by Crippen LogP contribution is 2.13. The zero-order valence-corrected chi connectivity index (χ0v) is 8.86. The lowest BCUT2D eigenvalue weighted by Crippen LogP contribution is -2.15. The van der Waals surface area contributed by atoms with E-state index in [4.69, 9.17) is 4.74 Å². The maximum Gasteiger partial charge on any atom is 0.374 e. The van der Waals surface area contributed by atoms with E-state index in [2.05, 4.69) is 11.9 Å². The lowest BCUT2D eigenvalue weighted by Gasteiger charge is -2.12. The Labute approximate surface area is 83.9 Å². The van der Waals surface area contributed by atoms with Gasteiger partial charge in [-0.2, -0.15) is 0 Å². The molecule has 1 atom stereocenters. The molecule has 0 spiro atoms. The number of carbonyl (C=O) groups excluding carboxylic acids is 1. The Hall–Kier alpha value is -1.32. The van der Waals surface area contributed by atoms with E-state index in [0.717, 1.165) is 6.42 Å². The van der Waals surface area contributed by atoms with Gasteiger partial charge in [-0.25, -0.2) is 9.78 Å². The van der Waals surface area contributed by atoms with Gasteiger partial charge in [0.1, 0.15) is 0 Å². The lowest BCUT2D eigenvalue weighted by atomic mass is 10.2. The predicted octanol–water partition coefficient (Wildman–Crippen LogP) is 2.03. The average molecular weight is 196 g/mol. The molecule has 1 unspecified atom stereocenters. The molecule has 1 aromatic heterocycles. The van der Waals surface area contributed by atoms with Gasteiger partial charge in [-0.1, -0.05) is 6.92 Å². The number of imidazole rings is 1. The number of ether oxygens (including phenoxy) is 1. The van der Waals surface area contributed by atoms with Gasteiger partial charge in [0.2, 0.25) is 5.82 Å². The third kappa shape index (κ3) is 2.13. The van der Waals surface area contributed by atoms with E-state index in [1.807, 2.05) is 11.5 Å². The molecule has 0 aliphatic carbocycles. The Morgan fingerprint density at radius 1 is 1.64 bits per heavy atom. The number of nitrogens with zero attached hydrogens (tertiary/aromatic N) is 2. The van der Waals surface area contributed by atoms with Gasteiger partial charge in [-0.3, -0.25) is 0 Å². The van der Waals surface area contributed by atoms with E-state index in [1.54, 1.807) is 19.3 Å². The van der Waals surface area contributed by atoms with Crippen LogP contribution in [0.1, 0.15) is 43.9 Å². The first-order chi connectivity index (χ1) is 6.70. The molecule has 0 aliphatic heterocycles. The SMILES string of the molecule is CCOC(=O)c1nccn1C(C)CC. The lowest BCUT2D eigenvalue weighted by molar-refractivity contribution is 0.0504. The summed E-state index contributed by atoms with van der Waals surface area (Å²) in [5, 5.41) is 0. The summed E-state index contributed by atoms with van der Waals surface area (Å²) in [5.74, 6) is 0.0407. The van der Waals surface area contributed by atoms with Crippen molar-refractivity contribution >= 4 is 5.97 Å². The molecule has 0 saturated carbocycles. The summed E-state index contributed by atoms with van der Waals surface area (Å²) in [4.78, 5) is 15.4. The van der Waals surface area contributed by atoms with Crippen LogP contribution in [-0.2, 0) is 4.74 Å². The van der Waals surface area contributed by atoms with Gasteiger partial charge in [0.05, 0.1) is 6.61 Å². The van der Waals surface area contributed by atoms with Crippen LogP contribution in [0, 0.1) is 0 Å². The summed E-state index contributed by atoms with van der Waals surface area (Å²) in [7, 11) is 0. The second kappa shape index (κ2) is 4.79. The Kier molecular flexibility index (Phi) is 3.68. The van der Waals surface area contributed by atoms with Crippen LogP contribution < -0.4 is 0 Å². The van der Waals surface area contributed by atoms with Gasteiger partial charge >= 0.3 is 5.97 Å². The van der Waals surface area contributed by atoms with Crippen molar-refractivity contribution in [3.05, 3.63) is 18.2 Å². The fourth-order valence-corrected chi connectivity index (χ4v) is 1.22. The fourth-order valence-electron chi connectivity index (χ4n) is 1.22. The van der Waals surface area contributed by atoms with Crippen LogP contribution in [0.5, 0.6) is 0 Å². The molecule has 0 saturated heterocycles. The minimum atomic E-state index is -0.349. The standard InChI is InChI=1S/C10H16N2O2/c1-4-8(3)12-7-6-11-9(12)10(13)14-5-2/h6-8H,4-5H2,1-3H3. The predicted molar refractivity (Wildman–Crippen MR) is 53.2 cm³/mol. The van der Waals surface area contributed by atoms with Gasteiger partial charge in [-0.05, 0) is 20.3 Å². The van der Waals surface area contributed by atoms with Gasteiger partial charge in [0.15, 0.2) is 0 Å². The first kappa shape index (κ1) is 10.8. The van der Waals surface area contributed by atoms with Crippen molar-refractivity contribution in [1.29, 1.82) is 0 Å². The van der Waals surface area contributed by atoms with E-state index >= 15 is 0 Å². The average Bonchev–Trinajstić information content (AvgIpc) is 2.65. The second-order valence-electron chi connectivity index (χ2n) is 3.14. The van der Waals surface area contributed by atoms with E-state index in [1.165, 1.54) is 0 Å². The maximum atomic E-state index is 11.4. The monoisotopic (exact) mass is 196 g/mol. The van der Waals surface area contributed by atoms with Crippen molar-refractivity contribution in [2.75, 3.05) is 6.61 Å². The number of hydrogen-bond donors (Lipinski definition) is 0. The minimum Gasteiger partial charge on any atom is -0.460 e. The zero-order chi connectivity index (χ0) is 10.6. The summed E-state index contributed by atoms with van der Waals surface area (Å²) >= 11 is 0. The number of carbonyl (C=O) groups is 1. The molecule has 1 aromatic rings. The Bertz CT molecular complexity index is 307. The number of esters is 1. The van der Waals surface area contributed by atoms with Gasteiger partial charge in [-0.15, -0.1) is 0 Å². The van der Waals surface area contributed by atoms with Crippen molar-refractivity contribution in [2.24, 2.45) is 0 Å². The maximum absolute atomic E-state index is 11.4. The van der Waals surface area contributed by atoms with Crippen LogP contribution >= 0.6 is 0 Å². The van der Waals surface area contributed by atoms with Crippen molar-refractivity contribution in [1.82, 2.24) is 9.55 Å². The first-order valence-electron chi connectivity index (χ1n) is 4.90. The van der Waals surface area contributed by atoms with Crippen LogP contribution in [0.4, 0.5) is 0 Å². The van der Waals surface area contributed by atoms with Crippen LogP contribution in [0.2, 0.25) is 0 Å². The molecular weight excluding hydrogens is 180 g/mol. The first-order valence-corrected chi connectivity index (χ1v) is 4.90. The molecule has 0 bridgehead atoms. The molecule has 0 N–H and O–H groups in total. The minimum absolute atomic E-state index is 0.275. The molecule has 78 valence electrons. The molecule has 1 heterocycles. The van der Waals surface area contributed by atoms with Gasteiger partial charge < -0.3 is 9.30 Å². The van der Waals surface area contributed by atoms with E-state index in [-0.39, 0.29) is 12.0 Å². The quantitative estimate of drug-likeness (QED) is 0.692. The summed E-state index contributed by atoms with van der Waals surface area (Å²) in [5.41, 5.74) is 0.